The minimum atomic E-state index is -0.358. The molecule has 1 amide bonds. The lowest BCUT2D eigenvalue weighted by Crippen LogP contribution is -2.18. The number of carbonyl (C=O) groups excluding carboxylic acids is 1. The van der Waals surface area contributed by atoms with Gasteiger partial charge in [0.15, 0.2) is 11.5 Å². The first kappa shape index (κ1) is 24.5. The first-order valence-corrected chi connectivity index (χ1v) is 12.0. The summed E-state index contributed by atoms with van der Waals surface area (Å²) in [5, 5.41) is 6.08. The van der Waals surface area contributed by atoms with Crippen LogP contribution in [0.5, 0.6) is 17.2 Å². The Bertz CT molecular complexity index is 1380. The molecule has 6 nitrogen and oxygen atoms in total. The normalized spacial score (nSPS) is 11.0. The van der Waals surface area contributed by atoms with Gasteiger partial charge in [-0.05, 0) is 75.7 Å². The molecular weight excluding hydrogens is 555 g/mol. The highest BCUT2D eigenvalue weighted by molar-refractivity contribution is 14.1. The van der Waals surface area contributed by atoms with Gasteiger partial charge in [-0.25, -0.2) is 5.43 Å². The first-order chi connectivity index (χ1) is 17.0. The SMILES string of the molecule is COc1cc2ccccc2cc1C(=O)N/N=C\c1cc(I)c(OCc2ccc(C)cc2)c(OC)c1. The Morgan fingerprint density at radius 2 is 1.63 bits per heavy atom. The van der Waals surface area contributed by atoms with Gasteiger partial charge in [0.2, 0.25) is 0 Å². The maximum Gasteiger partial charge on any atom is 0.275 e. The van der Waals surface area contributed by atoms with Gasteiger partial charge in [-0.1, -0.05) is 54.1 Å². The summed E-state index contributed by atoms with van der Waals surface area (Å²) in [4.78, 5) is 12.8. The zero-order valence-corrected chi connectivity index (χ0v) is 21.8. The lowest BCUT2D eigenvalue weighted by atomic mass is 10.1. The van der Waals surface area contributed by atoms with E-state index in [0.29, 0.717) is 29.4 Å². The number of aryl methyl sites for hydroxylation is 1. The van der Waals surface area contributed by atoms with Crippen molar-refractivity contribution in [2.75, 3.05) is 14.2 Å². The summed E-state index contributed by atoms with van der Waals surface area (Å²) in [6, 6.07) is 23.4. The number of hydrazone groups is 1. The highest BCUT2D eigenvalue weighted by Crippen LogP contribution is 2.34. The molecule has 4 aromatic rings. The number of ether oxygens (including phenoxy) is 3. The third-order valence-electron chi connectivity index (χ3n) is 5.45. The summed E-state index contributed by atoms with van der Waals surface area (Å²) in [7, 11) is 3.14. The van der Waals surface area contributed by atoms with E-state index in [0.717, 1.165) is 25.5 Å². The molecule has 0 aliphatic carbocycles. The Balaban J connectivity index is 1.48. The molecule has 0 spiro atoms. The predicted octanol–water partition coefficient (Wildman–Crippen LogP) is 6.11. The van der Waals surface area contributed by atoms with Crippen LogP contribution in [0.3, 0.4) is 0 Å². The molecule has 7 heteroatoms. The highest BCUT2D eigenvalue weighted by atomic mass is 127. The zero-order chi connectivity index (χ0) is 24.8. The summed E-state index contributed by atoms with van der Waals surface area (Å²) in [5.41, 5.74) is 6.04. The topological polar surface area (TPSA) is 69.2 Å². The van der Waals surface area contributed by atoms with E-state index in [9.17, 15) is 4.79 Å². The summed E-state index contributed by atoms with van der Waals surface area (Å²) >= 11 is 2.20. The maximum atomic E-state index is 12.8. The van der Waals surface area contributed by atoms with Crippen molar-refractivity contribution in [2.24, 2.45) is 5.10 Å². The Kier molecular flexibility index (Phi) is 7.87. The van der Waals surface area contributed by atoms with Crippen molar-refractivity contribution in [3.63, 3.8) is 0 Å². The minimum absolute atomic E-state index is 0.358. The van der Waals surface area contributed by atoms with Crippen molar-refractivity contribution in [3.05, 3.63) is 98.6 Å². The molecule has 0 saturated carbocycles. The van der Waals surface area contributed by atoms with E-state index in [1.54, 1.807) is 26.5 Å². The molecule has 0 aliphatic rings. The molecule has 4 rings (SSSR count). The molecule has 0 unspecified atom stereocenters. The van der Waals surface area contributed by atoms with Crippen LogP contribution in [0.1, 0.15) is 27.0 Å². The minimum Gasteiger partial charge on any atom is -0.496 e. The van der Waals surface area contributed by atoms with Crippen molar-refractivity contribution in [1.82, 2.24) is 5.43 Å². The number of methoxy groups -OCH3 is 2. The molecule has 0 aromatic heterocycles. The van der Waals surface area contributed by atoms with E-state index in [-0.39, 0.29) is 5.91 Å². The molecular formula is C28H25IN2O4. The number of halogens is 1. The number of hydrogen-bond acceptors (Lipinski definition) is 5. The molecule has 0 aliphatic heterocycles. The van der Waals surface area contributed by atoms with Crippen LogP contribution in [-0.2, 0) is 6.61 Å². The molecule has 0 bridgehead atoms. The second-order valence-electron chi connectivity index (χ2n) is 7.91. The van der Waals surface area contributed by atoms with Gasteiger partial charge in [0.25, 0.3) is 5.91 Å². The second-order valence-corrected chi connectivity index (χ2v) is 9.07. The average Bonchev–Trinajstić information content (AvgIpc) is 2.87. The quantitative estimate of drug-likeness (QED) is 0.155. The molecule has 0 saturated heterocycles. The van der Waals surface area contributed by atoms with Gasteiger partial charge in [-0.15, -0.1) is 0 Å². The van der Waals surface area contributed by atoms with E-state index in [2.05, 4.69) is 52.2 Å². The fourth-order valence-corrected chi connectivity index (χ4v) is 4.37. The summed E-state index contributed by atoms with van der Waals surface area (Å²) in [6.45, 7) is 2.49. The Labute approximate surface area is 218 Å². The van der Waals surface area contributed by atoms with Gasteiger partial charge >= 0.3 is 0 Å². The van der Waals surface area contributed by atoms with Crippen molar-refractivity contribution in [3.8, 4) is 17.2 Å². The summed E-state index contributed by atoms with van der Waals surface area (Å²) in [6.07, 6.45) is 1.57. The van der Waals surface area contributed by atoms with Crippen molar-refractivity contribution >= 4 is 45.5 Å². The van der Waals surface area contributed by atoms with Crippen molar-refractivity contribution in [1.29, 1.82) is 0 Å². The van der Waals surface area contributed by atoms with Crippen LogP contribution >= 0.6 is 22.6 Å². The molecule has 4 aromatic carbocycles. The number of nitrogens with zero attached hydrogens (tertiary/aromatic N) is 1. The number of amides is 1. The Hall–Kier alpha value is -3.59. The van der Waals surface area contributed by atoms with Crippen LogP contribution in [-0.4, -0.2) is 26.3 Å². The Morgan fingerprint density at radius 1 is 0.943 bits per heavy atom. The predicted molar refractivity (Wildman–Crippen MR) is 147 cm³/mol. The molecule has 0 heterocycles. The van der Waals surface area contributed by atoms with Crippen LogP contribution in [0.4, 0.5) is 0 Å². The largest absolute Gasteiger partial charge is 0.496 e. The third kappa shape index (κ3) is 5.92. The number of fused-ring (bicyclic) bond motifs is 1. The van der Waals surface area contributed by atoms with Gasteiger partial charge in [0.1, 0.15) is 12.4 Å². The molecule has 0 fully saturated rings. The third-order valence-corrected chi connectivity index (χ3v) is 6.25. The van der Waals surface area contributed by atoms with E-state index in [1.165, 1.54) is 5.56 Å². The van der Waals surface area contributed by atoms with E-state index >= 15 is 0 Å². The van der Waals surface area contributed by atoms with Crippen molar-refractivity contribution in [2.45, 2.75) is 13.5 Å². The van der Waals surface area contributed by atoms with Gasteiger partial charge in [0, 0.05) is 0 Å². The Morgan fingerprint density at radius 3 is 2.31 bits per heavy atom. The summed E-state index contributed by atoms with van der Waals surface area (Å²) < 4.78 is 17.9. The number of rotatable bonds is 8. The van der Waals surface area contributed by atoms with Gasteiger partial charge in [-0.2, -0.15) is 5.10 Å². The molecule has 178 valence electrons. The number of hydrogen-bond donors (Lipinski definition) is 1. The van der Waals surface area contributed by atoms with E-state index < -0.39 is 0 Å². The zero-order valence-electron chi connectivity index (χ0n) is 19.7. The highest BCUT2D eigenvalue weighted by Gasteiger charge is 2.14. The molecule has 1 N–H and O–H groups in total. The lowest BCUT2D eigenvalue weighted by molar-refractivity contribution is 0.0952. The van der Waals surface area contributed by atoms with Crippen LogP contribution < -0.4 is 19.6 Å². The smallest absolute Gasteiger partial charge is 0.275 e. The fraction of sp³-hybridized carbons (Fsp3) is 0.143. The molecule has 35 heavy (non-hydrogen) atoms. The first-order valence-electron chi connectivity index (χ1n) is 10.9. The molecule has 0 radical (unpaired) electrons. The average molecular weight is 580 g/mol. The van der Waals surface area contributed by atoms with E-state index in [1.807, 2.05) is 54.6 Å². The van der Waals surface area contributed by atoms with Crippen molar-refractivity contribution < 1.29 is 19.0 Å². The number of benzene rings is 4. The van der Waals surface area contributed by atoms with Gasteiger partial charge in [-0.3, -0.25) is 4.79 Å². The maximum absolute atomic E-state index is 12.8. The second kappa shape index (κ2) is 11.2. The van der Waals surface area contributed by atoms with E-state index in [4.69, 9.17) is 14.2 Å². The summed E-state index contributed by atoms with van der Waals surface area (Å²) in [5.74, 6) is 1.38. The van der Waals surface area contributed by atoms with Crippen LogP contribution in [0.2, 0.25) is 0 Å². The monoisotopic (exact) mass is 580 g/mol. The fourth-order valence-electron chi connectivity index (χ4n) is 3.59. The molecule has 0 atom stereocenters. The van der Waals surface area contributed by atoms with Gasteiger partial charge in [0.05, 0.1) is 29.6 Å². The van der Waals surface area contributed by atoms with Crippen LogP contribution in [0.25, 0.3) is 10.8 Å². The number of carbonyl (C=O) groups is 1. The standard InChI is InChI=1S/C28H25IN2O4/c1-18-8-10-19(11-9-18)17-35-27-24(29)12-20(13-26(27)34-3)16-30-31-28(32)23-14-21-6-4-5-7-22(21)15-25(23)33-2/h4-16H,17H2,1-3H3,(H,31,32)/b30-16-. The number of nitrogens with one attached hydrogen (secondary N) is 1. The van der Waals surface area contributed by atoms with Crippen LogP contribution in [0.15, 0.2) is 77.9 Å². The lowest BCUT2D eigenvalue weighted by Gasteiger charge is -2.14. The van der Waals surface area contributed by atoms with Gasteiger partial charge < -0.3 is 14.2 Å². The van der Waals surface area contributed by atoms with Crippen LogP contribution in [0, 0.1) is 10.5 Å².